The summed E-state index contributed by atoms with van der Waals surface area (Å²) in [5, 5.41) is 7.60. The van der Waals surface area contributed by atoms with Gasteiger partial charge >= 0.3 is 0 Å². The first-order valence-electron chi connectivity index (χ1n) is 9.26. The van der Waals surface area contributed by atoms with Gasteiger partial charge in [0.1, 0.15) is 6.54 Å². The Morgan fingerprint density at radius 3 is 2.71 bits per heavy atom. The summed E-state index contributed by atoms with van der Waals surface area (Å²) >= 11 is 0. The zero-order chi connectivity index (χ0) is 19.5. The van der Waals surface area contributed by atoms with Crippen molar-refractivity contribution in [3.8, 4) is 5.82 Å². The molecule has 0 spiro atoms. The lowest BCUT2D eigenvalue weighted by Gasteiger charge is -2.08. The van der Waals surface area contributed by atoms with Gasteiger partial charge in [0.15, 0.2) is 5.82 Å². The number of para-hydroxylation sites is 2. The molecule has 7 heteroatoms. The lowest BCUT2D eigenvalue weighted by Crippen LogP contribution is -2.29. The number of amides is 1. The molecule has 1 aromatic carbocycles. The molecule has 1 N–H and O–H groups in total. The van der Waals surface area contributed by atoms with Gasteiger partial charge in [-0.3, -0.25) is 4.79 Å². The topological polar surface area (TPSA) is 77.6 Å². The van der Waals surface area contributed by atoms with E-state index in [1.54, 1.807) is 12.5 Å². The summed E-state index contributed by atoms with van der Waals surface area (Å²) in [6, 6.07) is 13.6. The number of nitrogens with zero attached hydrogens (tertiary/aromatic N) is 5. The Labute approximate surface area is 163 Å². The maximum atomic E-state index is 12.4. The smallest absolute Gasteiger partial charge is 0.240 e. The van der Waals surface area contributed by atoms with Crippen molar-refractivity contribution in [2.24, 2.45) is 0 Å². The monoisotopic (exact) mass is 374 g/mol. The average molecular weight is 374 g/mol. The van der Waals surface area contributed by atoms with E-state index in [4.69, 9.17) is 0 Å². The fourth-order valence-corrected chi connectivity index (χ4v) is 3.41. The number of aryl methyl sites for hydroxylation is 1. The maximum Gasteiger partial charge on any atom is 0.240 e. The van der Waals surface area contributed by atoms with Crippen LogP contribution in [0.2, 0.25) is 0 Å². The molecular formula is C21H22N6O. The maximum absolute atomic E-state index is 12.4. The summed E-state index contributed by atoms with van der Waals surface area (Å²) < 4.78 is 3.71. The minimum Gasteiger partial charge on any atom is -0.354 e. The summed E-state index contributed by atoms with van der Waals surface area (Å²) in [5.41, 5.74) is 4.99. The van der Waals surface area contributed by atoms with E-state index in [0.29, 0.717) is 6.54 Å². The number of pyridine rings is 1. The van der Waals surface area contributed by atoms with Crippen LogP contribution in [0.25, 0.3) is 16.9 Å². The zero-order valence-corrected chi connectivity index (χ0v) is 16.0. The van der Waals surface area contributed by atoms with Crippen LogP contribution >= 0.6 is 0 Å². The first-order chi connectivity index (χ1) is 13.6. The fraction of sp³-hybridized carbons (Fsp3) is 0.238. The van der Waals surface area contributed by atoms with Crippen LogP contribution in [-0.4, -0.2) is 36.8 Å². The minimum absolute atomic E-state index is 0.0319. The van der Waals surface area contributed by atoms with Crippen LogP contribution in [0.15, 0.2) is 55.0 Å². The van der Waals surface area contributed by atoms with E-state index < -0.39 is 0 Å². The highest BCUT2D eigenvalue weighted by atomic mass is 16.1. The Morgan fingerprint density at radius 2 is 1.89 bits per heavy atom. The number of carbonyl (C=O) groups is 1. The molecule has 1 amide bonds. The van der Waals surface area contributed by atoms with Crippen molar-refractivity contribution in [3.63, 3.8) is 0 Å². The molecule has 0 saturated carbocycles. The first-order valence-corrected chi connectivity index (χ1v) is 9.26. The Morgan fingerprint density at radius 1 is 1.07 bits per heavy atom. The number of benzene rings is 1. The van der Waals surface area contributed by atoms with Crippen molar-refractivity contribution >= 4 is 16.9 Å². The third kappa shape index (κ3) is 3.51. The number of fused-ring (bicyclic) bond motifs is 1. The van der Waals surface area contributed by atoms with Crippen molar-refractivity contribution < 1.29 is 4.79 Å². The van der Waals surface area contributed by atoms with E-state index in [1.165, 1.54) is 0 Å². The predicted molar refractivity (Wildman–Crippen MR) is 107 cm³/mol. The van der Waals surface area contributed by atoms with Gasteiger partial charge in [-0.15, -0.1) is 0 Å². The number of nitrogens with one attached hydrogen (secondary N) is 1. The predicted octanol–water partition coefficient (Wildman–Crippen LogP) is 2.59. The van der Waals surface area contributed by atoms with Crippen LogP contribution < -0.4 is 5.32 Å². The van der Waals surface area contributed by atoms with Crippen LogP contribution in [-0.2, 0) is 17.8 Å². The summed E-state index contributed by atoms with van der Waals surface area (Å²) in [4.78, 5) is 21.0. The van der Waals surface area contributed by atoms with Crippen molar-refractivity contribution in [2.75, 3.05) is 6.54 Å². The average Bonchev–Trinajstić information content (AvgIpc) is 3.24. The van der Waals surface area contributed by atoms with E-state index >= 15 is 0 Å². The van der Waals surface area contributed by atoms with E-state index in [9.17, 15) is 4.79 Å². The molecule has 0 bridgehead atoms. The molecule has 0 aliphatic rings. The standard InChI is InChI=1S/C21H22N6O/c1-15-17(16(2)27(25-15)20-9-5-6-11-22-20)10-12-23-21(28)13-26-14-24-18-7-3-4-8-19(18)26/h3-9,11,14H,10,12-13H2,1-2H3,(H,23,28). The van der Waals surface area contributed by atoms with Crippen LogP contribution in [0.1, 0.15) is 17.0 Å². The summed E-state index contributed by atoms with van der Waals surface area (Å²) in [7, 11) is 0. The highest BCUT2D eigenvalue weighted by Crippen LogP contribution is 2.17. The Hall–Kier alpha value is -3.48. The zero-order valence-electron chi connectivity index (χ0n) is 16.0. The largest absolute Gasteiger partial charge is 0.354 e. The highest BCUT2D eigenvalue weighted by Gasteiger charge is 2.14. The highest BCUT2D eigenvalue weighted by molar-refractivity contribution is 5.80. The molecule has 0 fully saturated rings. The minimum atomic E-state index is -0.0319. The molecule has 3 heterocycles. The number of hydrogen-bond donors (Lipinski definition) is 1. The Bertz CT molecular complexity index is 1110. The van der Waals surface area contributed by atoms with Gasteiger partial charge in [0.05, 0.1) is 23.1 Å². The molecule has 3 aromatic heterocycles. The second-order valence-corrected chi connectivity index (χ2v) is 6.71. The Balaban J connectivity index is 1.39. The summed E-state index contributed by atoms with van der Waals surface area (Å²) in [6.45, 7) is 4.83. The van der Waals surface area contributed by atoms with Crippen molar-refractivity contribution in [1.29, 1.82) is 0 Å². The number of carbonyl (C=O) groups excluding carboxylic acids is 1. The van der Waals surface area contributed by atoms with Crippen LogP contribution in [0, 0.1) is 13.8 Å². The lowest BCUT2D eigenvalue weighted by atomic mass is 10.1. The number of aromatic nitrogens is 5. The number of imidazole rings is 1. The van der Waals surface area contributed by atoms with Gasteiger partial charge in [-0.05, 0) is 50.1 Å². The molecule has 0 atom stereocenters. The van der Waals surface area contributed by atoms with Crippen molar-refractivity contribution in [3.05, 3.63) is 71.9 Å². The van der Waals surface area contributed by atoms with E-state index in [2.05, 4.69) is 20.4 Å². The quantitative estimate of drug-likeness (QED) is 0.563. The summed E-state index contributed by atoms with van der Waals surface area (Å²) in [6.07, 6.45) is 4.18. The SMILES string of the molecule is Cc1nn(-c2ccccn2)c(C)c1CCNC(=O)Cn1cnc2ccccc21. The Kier molecular flexibility index (Phi) is 4.89. The van der Waals surface area contributed by atoms with E-state index in [0.717, 1.165) is 40.2 Å². The normalized spacial score (nSPS) is 11.1. The molecule has 142 valence electrons. The molecular weight excluding hydrogens is 352 g/mol. The van der Waals surface area contributed by atoms with E-state index in [-0.39, 0.29) is 12.5 Å². The first kappa shape index (κ1) is 17.9. The van der Waals surface area contributed by atoms with Gasteiger partial charge in [-0.25, -0.2) is 14.6 Å². The van der Waals surface area contributed by atoms with Crippen LogP contribution in [0.4, 0.5) is 0 Å². The molecule has 0 saturated heterocycles. The lowest BCUT2D eigenvalue weighted by molar-refractivity contribution is -0.121. The third-order valence-corrected chi connectivity index (χ3v) is 4.85. The fourth-order valence-electron chi connectivity index (χ4n) is 3.41. The molecule has 4 rings (SSSR count). The molecule has 7 nitrogen and oxygen atoms in total. The number of hydrogen-bond acceptors (Lipinski definition) is 4. The molecule has 0 radical (unpaired) electrons. The van der Waals surface area contributed by atoms with Gasteiger partial charge in [-0.1, -0.05) is 18.2 Å². The summed E-state index contributed by atoms with van der Waals surface area (Å²) in [5.74, 6) is 0.765. The molecule has 0 unspecified atom stereocenters. The molecule has 0 aliphatic carbocycles. The second kappa shape index (κ2) is 7.64. The van der Waals surface area contributed by atoms with Crippen LogP contribution in [0.3, 0.4) is 0 Å². The van der Waals surface area contributed by atoms with Gasteiger partial charge in [0, 0.05) is 18.4 Å². The second-order valence-electron chi connectivity index (χ2n) is 6.71. The molecule has 0 aliphatic heterocycles. The van der Waals surface area contributed by atoms with Crippen molar-refractivity contribution in [2.45, 2.75) is 26.8 Å². The molecule has 4 aromatic rings. The third-order valence-electron chi connectivity index (χ3n) is 4.85. The van der Waals surface area contributed by atoms with Gasteiger partial charge < -0.3 is 9.88 Å². The van der Waals surface area contributed by atoms with Gasteiger partial charge in [-0.2, -0.15) is 5.10 Å². The van der Waals surface area contributed by atoms with Gasteiger partial charge in [0.2, 0.25) is 5.91 Å². The van der Waals surface area contributed by atoms with Crippen molar-refractivity contribution in [1.82, 2.24) is 29.6 Å². The van der Waals surface area contributed by atoms with E-state index in [1.807, 2.05) is 65.6 Å². The van der Waals surface area contributed by atoms with Crippen LogP contribution in [0.5, 0.6) is 0 Å². The van der Waals surface area contributed by atoms with Gasteiger partial charge in [0.25, 0.3) is 0 Å². The molecule has 28 heavy (non-hydrogen) atoms. The number of rotatable bonds is 6.